The van der Waals surface area contributed by atoms with Gasteiger partial charge in [-0.2, -0.15) is 0 Å². The lowest BCUT2D eigenvalue weighted by Crippen LogP contribution is -2.30. The lowest BCUT2D eigenvalue weighted by Gasteiger charge is -2.22. The summed E-state index contributed by atoms with van der Waals surface area (Å²) in [6, 6.07) is 6.23. The average Bonchev–Trinajstić information content (AvgIpc) is 3.23. The first-order valence-corrected chi connectivity index (χ1v) is 7.00. The van der Waals surface area contributed by atoms with Crippen molar-refractivity contribution in [1.29, 1.82) is 0 Å². The van der Waals surface area contributed by atoms with Gasteiger partial charge in [0.2, 0.25) is 0 Å². The molecule has 0 bridgehead atoms. The highest BCUT2D eigenvalue weighted by atomic mass is 35.5. The maximum Gasteiger partial charge on any atom is 0.140 e. The SMILES string of the molecule is N/C(CCN(Cc1cccc(Cl)c1Cl)C1CC1)=N/O. The van der Waals surface area contributed by atoms with E-state index in [-0.39, 0.29) is 5.84 Å². The van der Waals surface area contributed by atoms with Crippen LogP contribution in [-0.2, 0) is 6.54 Å². The molecule has 0 atom stereocenters. The topological polar surface area (TPSA) is 61.8 Å². The van der Waals surface area contributed by atoms with Gasteiger partial charge in [0.1, 0.15) is 5.84 Å². The lowest BCUT2D eigenvalue weighted by atomic mass is 10.2. The normalized spacial score (nSPS) is 16.1. The third-order valence-electron chi connectivity index (χ3n) is 3.25. The van der Waals surface area contributed by atoms with Crippen LogP contribution in [0.3, 0.4) is 0 Å². The minimum absolute atomic E-state index is 0.253. The molecule has 1 aliphatic carbocycles. The van der Waals surface area contributed by atoms with Gasteiger partial charge in [-0.1, -0.05) is 40.5 Å². The van der Waals surface area contributed by atoms with Crippen LogP contribution < -0.4 is 5.73 Å². The molecular formula is C13H17Cl2N3O. The van der Waals surface area contributed by atoms with Crippen molar-refractivity contribution in [3.05, 3.63) is 33.8 Å². The Kier molecular flexibility index (Phi) is 4.91. The number of nitrogens with zero attached hydrogens (tertiary/aromatic N) is 2. The summed E-state index contributed by atoms with van der Waals surface area (Å²) in [4.78, 5) is 2.30. The fourth-order valence-corrected chi connectivity index (χ4v) is 2.41. The van der Waals surface area contributed by atoms with Crippen molar-refractivity contribution in [3.8, 4) is 0 Å². The van der Waals surface area contributed by atoms with E-state index in [9.17, 15) is 0 Å². The number of halogens is 2. The Morgan fingerprint density at radius 3 is 2.79 bits per heavy atom. The standard InChI is InChI=1S/C13H17Cl2N3O/c14-11-3-1-2-9(13(11)15)8-18(10-4-5-10)7-6-12(16)17-19/h1-3,10,19H,4-8H2,(H2,16,17). The first-order chi connectivity index (χ1) is 9.11. The second-order valence-corrected chi connectivity index (χ2v) is 5.54. The number of oxime groups is 1. The summed E-state index contributed by atoms with van der Waals surface area (Å²) < 4.78 is 0. The third-order valence-corrected chi connectivity index (χ3v) is 4.11. The number of nitrogens with two attached hydrogens (primary N) is 1. The molecule has 0 aromatic heterocycles. The number of hydrogen-bond acceptors (Lipinski definition) is 3. The Morgan fingerprint density at radius 2 is 2.16 bits per heavy atom. The van der Waals surface area contributed by atoms with E-state index in [2.05, 4.69) is 10.1 Å². The average molecular weight is 302 g/mol. The summed E-state index contributed by atoms with van der Waals surface area (Å²) in [5.41, 5.74) is 6.53. The Bertz CT molecular complexity index is 475. The third kappa shape index (κ3) is 4.00. The molecule has 1 aliphatic rings. The predicted octanol–water partition coefficient (Wildman–Crippen LogP) is 3.09. The molecule has 0 unspecified atom stereocenters. The zero-order valence-electron chi connectivity index (χ0n) is 10.5. The van der Waals surface area contributed by atoms with Gasteiger partial charge in [0.15, 0.2) is 0 Å². The van der Waals surface area contributed by atoms with E-state index in [4.69, 9.17) is 34.1 Å². The maximum atomic E-state index is 8.58. The largest absolute Gasteiger partial charge is 0.409 e. The summed E-state index contributed by atoms with van der Waals surface area (Å²) in [7, 11) is 0. The van der Waals surface area contributed by atoms with Gasteiger partial charge in [0.25, 0.3) is 0 Å². The Labute approximate surface area is 122 Å². The second-order valence-electron chi connectivity index (χ2n) is 4.76. The highest BCUT2D eigenvalue weighted by molar-refractivity contribution is 6.42. The molecule has 0 heterocycles. The van der Waals surface area contributed by atoms with E-state index in [1.54, 1.807) is 6.07 Å². The molecule has 6 heteroatoms. The minimum Gasteiger partial charge on any atom is -0.409 e. The molecule has 0 amide bonds. The van der Waals surface area contributed by atoms with E-state index < -0.39 is 0 Å². The van der Waals surface area contributed by atoms with Crippen LogP contribution in [-0.4, -0.2) is 28.5 Å². The van der Waals surface area contributed by atoms with Gasteiger partial charge in [-0.25, -0.2) is 0 Å². The Morgan fingerprint density at radius 1 is 1.42 bits per heavy atom. The zero-order valence-corrected chi connectivity index (χ0v) is 12.0. The van der Waals surface area contributed by atoms with Crippen molar-refractivity contribution in [1.82, 2.24) is 4.90 Å². The van der Waals surface area contributed by atoms with E-state index in [1.807, 2.05) is 12.1 Å². The maximum absolute atomic E-state index is 8.58. The van der Waals surface area contributed by atoms with E-state index in [0.29, 0.717) is 22.5 Å². The molecule has 19 heavy (non-hydrogen) atoms. The minimum atomic E-state index is 0.253. The molecule has 2 rings (SSSR count). The molecule has 3 N–H and O–H groups in total. The van der Waals surface area contributed by atoms with Gasteiger partial charge in [-0.05, 0) is 24.5 Å². The van der Waals surface area contributed by atoms with Crippen LogP contribution in [0.5, 0.6) is 0 Å². The highest BCUT2D eigenvalue weighted by Crippen LogP contribution is 2.31. The first kappa shape index (κ1) is 14.4. The van der Waals surface area contributed by atoms with Crippen molar-refractivity contribution >= 4 is 29.0 Å². The Balaban J connectivity index is 2.02. The van der Waals surface area contributed by atoms with E-state index >= 15 is 0 Å². The summed E-state index contributed by atoms with van der Waals surface area (Å²) in [6.07, 6.45) is 2.92. The summed E-state index contributed by atoms with van der Waals surface area (Å²) in [5.74, 6) is 0.253. The Hall–Kier alpha value is -0.970. The van der Waals surface area contributed by atoms with Crippen LogP contribution in [0.15, 0.2) is 23.4 Å². The van der Waals surface area contributed by atoms with Crippen molar-refractivity contribution in [2.45, 2.75) is 31.8 Å². The summed E-state index contributed by atoms with van der Waals surface area (Å²) in [5, 5.41) is 12.8. The van der Waals surface area contributed by atoms with Gasteiger partial charge in [-0.3, -0.25) is 4.90 Å². The van der Waals surface area contributed by atoms with Crippen LogP contribution >= 0.6 is 23.2 Å². The smallest absolute Gasteiger partial charge is 0.140 e. The van der Waals surface area contributed by atoms with Crippen LogP contribution in [0, 0.1) is 0 Å². The van der Waals surface area contributed by atoms with Crippen molar-refractivity contribution in [3.63, 3.8) is 0 Å². The quantitative estimate of drug-likeness (QED) is 0.367. The molecule has 0 aliphatic heterocycles. The van der Waals surface area contributed by atoms with Crippen molar-refractivity contribution in [2.75, 3.05) is 6.54 Å². The summed E-state index contributed by atoms with van der Waals surface area (Å²) >= 11 is 12.2. The molecule has 0 radical (unpaired) electrons. The lowest BCUT2D eigenvalue weighted by molar-refractivity contribution is 0.259. The molecule has 0 spiro atoms. The number of rotatable bonds is 6. The molecule has 4 nitrogen and oxygen atoms in total. The zero-order chi connectivity index (χ0) is 13.8. The van der Waals surface area contributed by atoms with E-state index in [1.165, 1.54) is 12.8 Å². The molecule has 1 aromatic carbocycles. The molecule has 1 aromatic rings. The predicted molar refractivity (Wildman–Crippen MR) is 77.9 cm³/mol. The van der Waals surface area contributed by atoms with Crippen molar-refractivity contribution < 1.29 is 5.21 Å². The fourth-order valence-electron chi connectivity index (χ4n) is 2.03. The summed E-state index contributed by atoms with van der Waals surface area (Å²) in [6.45, 7) is 1.49. The number of hydrogen-bond donors (Lipinski definition) is 2. The molecule has 1 fully saturated rings. The fraction of sp³-hybridized carbons (Fsp3) is 0.462. The van der Waals surface area contributed by atoms with Crippen LogP contribution in [0.4, 0.5) is 0 Å². The van der Waals surface area contributed by atoms with Crippen LogP contribution in [0.2, 0.25) is 10.0 Å². The van der Waals surface area contributed by atoms with Gasteiger partial charge < -0.3 is 10.9 Å². The molecule has 1 saturated carbocycles. The van der Waals surface area contributed by atoms with Gasteiger partial charge in [-0.15, -0.1) is 0 Å². The van der Waals surface area contributed by atoms with Crippen molar-refractivity contribution in [2.24, 2.45) is 10.9 Å². The monoisotopic (exact) mass is 301 g/mol. The van der Waals surface area contributed by atoms with Gasteiger partial charge in [0, 0.05) is 25.6 Å². The first-order valence-electron chi connectivity index (χ1n) is 6.25. The number of benzene rings is 1. The molecule has 0 saturated heterocycles. The van der Waals surface area contributed by atoms with Crippen LogP contribution in [0.1, 0.15) is 24.8 Å². The van der Waals surface area contributed by atoms with Crippen LogP contribution in [0.25, 0.3) is 0 Å². The van der Waals surface area contributed by atoms with E-state index in [0.717, 1.165) is 18.7 Å². The highest BCUT2D eigenvalue weighted by Gasteiger charge is 2.29. The van der Waals surface area contributed by atoms with Gasteiger partial charge in [0.05, 0.1) is 10.0 Å². The molecular weight excluding hydrogens is 285 g/mol. The molecule has 104 valence electrons. The number of amidine groups is 1. The van der Waals surface area contributed by atoms with Gasteiger partial charge >= 0.3 is 0 Å². The second kappa shape index (κ2) is 6.46.